The maximum atomic E-state index is 13.4. The third kappa shape index (κ3) is 4.12. The van der Waals surface area contributed by atoms with Gasteiger partial charge in [0.2, 0.25) is 0 Å². The molecule has 0 spiro atoms. The Morgan fingerprint density at radius 2 is 1.90 bits per heavy atom. The van der Waals surface area contributed by atoms with Crippen molar-refractivity contribution in [1.82, 2.24) is 10.3 Å². The molecule has 4 rings (SSSR count). The van der Waals surface area contributed by atoms with Crippen LogP contribution in [0.15, 0.2) is 60.7 Å². The molecule has 2 atom stereocenters. The number of amides is 1. The van der Waals surface area contributed by atoms with E-state index in [0.717, 1.165) is 35.2 Å². The normalized spacial score (nSPS) is 17.9. The van der Waals surface area contributed by atoms with Crippen molar-refractivity contribution in [3.8, 4) is 0 Å². The van der Waals surface area contributed by atoms with Crippen molar-refractivity contribution in [3.63, 3.8) is 0 Å². The van der Waals surface area contributed by atoms with Crippen molar-refractivity contribution in [2.45, 2.75) is 51.6 Å². The third-order valence-electron chi connectivity index (χ3n) is 5.96. The van der Waals surface area contributed by atoms with Crippen molar-refractivity contribution in [2.75, 3.05) is 11.4 Å². The molecule has 1 aliphatic rings. The number of fused-ring (bicyclic) bond motifs is 1. The summed E-state index contributed by atoms with van der Waals surface area (Å²) < 4.78 is 0. The highest BCUT2D eigenvalue weighted by Crippen LogP contribution is 2.28. The second-order valence-corrected chi connectivity index (χ2v) is 7.93. The van der Waals surface area contributed by atoms with Crippen LogP contribution in [0.4, 0.5) is 5.82 Å². The van der Waals surface area contributed by atoms with Gasteiger partial charge in [-0.3, -0.25) is 4.79 Å². The minimum atomic E-state index is -0.0368. The molecular formula is C25H29N3O. The highest BCUT2D eigenvalue weighted by atomic mass is 16.1. The molecule has 1 N–H and O–H groups in total. The van der Waals surface area contributed by atoms with Gasteiger partial charge in [-0.15, -0.1) is 0 Å². The van der Waals surface area contributed by atoms with Gasteiger partial charge in [0.05, 0.1) is 17.1 Å². The molecule has 1 aromatic heterocycles. The van der Waals surface area contributed by atoms with Crippen LogP contribution in [0.25, 0.3) is 10.9 Å². The molecule has 1 aliphatic heterocycles. The fraction of sp³-hybridized carbons (Fsp3) is 0.360. The number of carbonyl (C=O) groups excluding carboxylic acids is 1. The maximum absolute atomic E-state index is 13.4. The first-order valence-electron chi connectivity index (χ1n) is 10.7. The molecule has 0 bridgehead atoms. The maximum Gasteiger partial charge on any atom is 0.252 e. The molecule has 0 saturated carbocycles. The summed E-state index contributed by atoms with van der Waals surface area (Å²) in [5.41, 5.74) is 2.71. The van der Waals surface area contributed by atoms with Gasteiger partial charge in [0.25, 0.3) is 5.91 Å². The lowest BCUT2D eigenvalue weighted by atomic mass is 10.0. The number of pyridine rings is 1. The van der Waals surface area contributed by atoms with Crippen LogP contribution >= 0.6 is 0 Å². The summed E-state index contributed by atoms with van der Waals surface area (Å²) in [4.78, 5) is 20.6. The molecule has 2 aromatic carbocycles. The summed E-state index contributed by atoms with van der Waals surface area (Å²) >= 11 is 0. The van der Waals surface area contributed by atoms with Crippen molar-refractivity contribution in [1.29, 1.82) is 0 Å². The Labute approximate surface area is 173 Å². The predicted octanol–water partition coefficient (Wildman–Crippen LogP) is 5.49. The van der Waals surface area contributed by atoms with Crippen LogP contribution in [0.3, 0.4) is 0 Å². The standard InChI is InChI=1S/C25H29N3O/c1-3-22(19-12-5-4-6-13-19)27-25(29)21-17-24(28-16-10-9-11-18(28)2)26-23-15-8-7-14-20(21)23/h4-8,12-15,17-18,22H,3,9-11,16H2,1-2H3,(H,27,29). The Morgan fingerprint density at radius 3 is 2.66 bits per heavy atom. The topological polar surface area (TPSA) is 45.2 Å². The van der Waals surface area contributed by atoms with Crippen LogP contribution in [0.5, 0.6) is 0 Å². The molecule has 0 radical (unpaired) electrons. The average molecular weight is 388 g/mol. The zero-order valence-electron chi connectivity index (χ0n) is 17.3. The van der Waals surface area contributed by atoms with E-state index in [9.17, 15) is 4.79 Å². The average Bonchev–Trinajstić information content (AvgIpc) is 2.77. The second-order valence-electron chi connectivity index (χ2n) is 7.93. The van der Waals surface area contributed by atoms with Gasteiger partial charge >= 0.3 is 0 Å². The number of hydrogen-bond acceptors (Lipinski definition) is 3. The van der Waals surface area contributed by atoms with Gasteiger partial charge in [0.15, 0.2) is 0 Å². The Bertz CT molecular complexity index is 986. The lowest BCUT2D eigenvalue weighted by Crippen LogP contribution is -2.38. The zero-order valence-corrected chi connectivity index (χ0v) is 17.3. The SMILES string of the molecule is CCC(NC(=O)c1cc(N2CCCCC2C)nc2ccccc12)c1ccccc1. The summed E-state index contributed by atoms with van der Waals surface area (Å²) in [5.74, 6) is 0.874. The summed E-state index contributed by atoms with van der Waals surface area (Å²) in [6.07, 6.45) is 4.44. The number of aromatic nitrogens is 1. The van der Waals surface area contributed by atoms with E-state index in [0.29, 0.717) is 11.6 Å². The van der Waals surface area contributed by atoms with Gasteiger partial charge in [0, 0.05) is 18.0 Å². The van der Waals surface area contributed by atoms with E-state index in [1.165, 1.54) is 19.3 Å². The highest BCUT2D eigenvalue weighted by Gasteiger charge is 2.23. The lowest BCUT2D eigenvalue weighted by Gasteiger charge is -2.34. The fourth-order valence-electron chi connectivity index (χ4n) is 4.28. The van der Waals surface area contributed by atoms with Crippen molar-refractivity contribution in [2.24, 2.45) is 0 Å². The number of para-hydroxylation sites is 1. The van der Waals surface area contributed by atoms with Gasteiger partial charge < -0.3 is 10.2 Å². The number of nitrogens with one attached hydrogen (secondary N) is 1. The summed E-state index contributed by atoms with van der Waals surface area (Å²) in [6, 6.07) is 20.5. The van der Waals surface area contributed by atoms with Crippen LogP contribution in [-0.2, 0) is 0 Å². The first-order chi connectivity index (χ1) is 14.2. The molecule has 29 heavy (non-hydrogen) atoms. The van der Waals surface area contributed by atoms with E-state index in [4.69, 9.17) is 4.98 Å². The lowest BCUT2D eigenvalue weighted by molar-refractivity contribution is 0.0937. The molecule has 1 saturated heterocycles. The van der Waals surface area contributed by atoms with Crippen LogP contribution in [-0.4, -0.2) is 23.5 Å². The van der Waals surface area contributed by atoms with Crippen molar-refractivity contribution < 1.29 is 4.79 Å². The van der Waals surface area contributed by atoms with Crippen molar-refractivity contribution >= 4 is 22.6 Å². The van der Waals surface area contributed by atoms with E-state index in [1.807, 2.05) is 48.5 Å². The van der Waals surface area contributed by atoms with E-state index in [1.54, 1.807) is 0 Å². The largest absolute Gasteiger partial charge is 0.354 e. The predicted molar refractivity (Wildman–Crippen MR) is 119 cm³/mol. The number of nitrogens with zero attached hydrogens (tertiary/aromatic N) is 2. The number of anilines is 1. The van der Waals surface area contributed by atoms with Gasteiger partial charge in [-0.1, -0.05) is 55.5 Å². The van der Waals surface area contributed by atoms with Crippen LogP contribution < -0.4 is 10.2 Å². The van der Waals surface area contributed by atoms with E-state index in [-0.39, 0.29) is 11.9 Å². The molecule has 150 valence electrons. The Balaban J connectivity index is 1.70. The molecule has 4 nitrogen and oxygen atoms in total. The Kier molecular flexibility index (Phi) is 5.79. The minimum absolute atomic E-state index is 0.00649. The van der Waals surface area contributed by atoms with Crippen molar-refractivity contribution in [3.05, 3.63) is 71.8 Å². The van der Waals surface area contributed by atoms with Gasteiger partial charge in [-0.25, -0.2) is 4.98 Å². The number of rotatable bonds is 5. The summed E-state index contributed by atoms with van der Waals surface area (Å²) in [6.45, 7) is 5.34. The molecule has 1 amide bonds. The first-order valence-corrected chi connectivity index (χ1v) is 10.7. The number of benzene rings is 2. The number of hydrogen-bond donors (Lipinski definition) is 1. The zero-order chi connectivity index (χ0) is 20.2. The van der Waals surface area contributed by atoms with Gasteiger partial charge in [-0.2, -0.15) is 0 Å². The van der Waals surface area contributed by atoms with E-state index in [2.05, 4.69) is 36.2 Å². The molecular weight excluding hydrogens is 358 g/mol. The van der Waals surface area contributed by atoms with Gasteiger partial charge in [0.1, 0.15) is 5.82 Å². The van der Waals surface area contributed by atoms with E-state index < -0.39 is 0 Å². The Morgan fingerprint density at radius 1 is 1.14 bits per heavy atom. The first kappa shape index (κ1) is 19.4. The summed E-state index contributed by atoms with van der Waals surface area (Å²) in [7, 11) is 0. The quantitative estimate of drug-likeness (QED) is 0.629. The highest BCUT2D eigenvalue weighted by molar-refractivity contribution is 6.07. The molecule has 0 aliphatic carbocycles. The molecule has 2 unspecified atom stereocenters. The Hall–Kier alpha value is -2.88. The molecule has 4 heteroatoms. The monoisotopic (exact) mass is 387 g/mol. The second kappa shape index (κ2) is 8.64. The third-order valence-corrected chi connectivity index (χ3v) is 5.96. The van der Waals surface area contributed by atoms with Crippen LogP contribution in [0.1, 0.15) is 61.5 Å². The van der Waals surface area contributed by atoms with Gasteiger partial charge in [-0.05, 0) is 50.3 Å². The molecule has 3 aromatic rings. The van der Waals surface area contributed by atoms with Crippen LogP contribution in [0, 0.1) is 0 Å². The molecule has 2 heterocycles. The summed E-state index contributed by atoms with van der Waals surface area (Å²) in [5, 5.41) is 4.15. The minimum Gasteiger partial charge on any atom is -0.354 e. The number of carbonyl (C=O) groups is 1. The van der Waals surface area contributed by atoms with E-state index >= 15 is 0 Å². The smallest absolute Gasteiger partial charge is 0.252 e. The number of piperidine rings is 1. The van der Waals surface area contributed by atoms with Crippen LogP contribution in [0.2, 0.25) is 0 Å². The molecule has 1 fully saturated rings. The fourth-order valence-corrected chi connectivity index (χ4v) is 4.28.